The number of amides is 1. The molecule has 1 amide bonds. The topological polar surface area (TPSA) is 70.1 Å². The summed E-state index contributed by atoms with van der Waals surface area (Å²) in [5.74, 6) is -3.59. The van der Waals surface area contributed by atoms with Crippen molar-refractivity contribution in [2.45, 2.75) is 37.8 Å². The third-order valence-corrected chi connectivity index (χ3v) is 3.73. The number of likely N-dealkylation sites (tertiary alicyclic amines) is 1. The molecule has 2 rings (SSSR count). The van der Waals surface area contributed by atoms with Crippen LogP contribution in [0.4, 0.5) is 13.2 Å². The smallest absolute Gasteiger partial charge is 0.225 e. The maximum absolute atomic E-state index is 13.5. The summed E-state index contributed by atoms with van der Waals surface area (Å²) in [4.78, 5) is 13.5. The fraction of sp³-hybridized carbons (Fsp3) is 0.467. The monoisotopic (exact) mass is 311 g/mol. The lowest BCUT2D eigenvalue weighted by Gasteiger charge is -2.21. The van der Waals surface area contributed by atoms with Crippen LogP contribution in [0.3, 0.4) is 0 Å². The zero-order valence-corrected chi connectivity index (χ0v) is 11.9. The van der Waals surface area contributed by atoms with E-state index in [9.17, 15) is 18.0 Å². The first-order valence-corrected chi connectivity index (χ1v) is 7.00. The van der Waals surface area contributed by atoms with Crippen LogP contribution >= 0.6 is 0 Å². The molecule has 0 aromatic heterocycles. The van der Waals surface area contributed by atoms with Crippen molar-refractivity contribution in [1.82, 2.24) is 4.90 Å². The molecule has 1 fully saturated rings. The van der Waals surface area contributed by atoms with E-state index < -0.39 is 29.5 Å². The van der Waals surface area contributed by atoms with Crippen molar-refractivity contribution in [1.29, 1.82) is 5.26 Å². The first-order chi connectivity index (χ1) is 10.4. The number of hydrogen-bond donors (Lipinski definition) is 1. The van der Waals surface area contributed by atoms with Gasteiger partial charge in [-0.2, -0.15) is 5.26 Å². The van der Waals surface area contributed by atoms with Gasteiger partial charge in [-0.1, -0.05) is 0 Å². The van der Waals surface area contributed by atoms with Gasteiger partial charge >= 0.3 is 0 Å². The Morgan fingerprint density at radius 2 is 2.05 bits per heavy atom. The Bertz CT molecular complexity index is 615. The van der Waals surface area contributed by atoms with E-state index in [1.165, 1.54) is 4.90 Å². The van der Waals surface area contributed by atoms with Crippen molar-refractivity contribution < 1.29 is 18.0 Å². The number of nitrogens with two attached hydrogens (primary N) is 1. The number of rotatable bonds is 4. The van der Waals surface area contributed by atoms with Gasteiger partial charge in [-0.25, -0.2) is 13.2 Å². The lowest BCUT2D eigenvalue weighted by Crippen LogP contribution is -2.39. The summed E-state index contributed by atoms with van der Waals surface area (Å²) in [5.41, 5.74) is 5.73. The minimum Gasteiger partial charge on any atom is -0.327 e. The highest BCUT2D eigenvalue weighted by Crippen LogP contribution is 2.19. The molecule has 22 heavy (non-hydrogen) atoms. The third-order valence-electron chi connectivity index (χ3n) is 3.73. The summed E-state index contributed by atoms with van der Waals surface area (Å²) in [5, 5.41) is 8.95. The van der Waals surface area contributed by atoms with E-state index in [-0.39, 0.29) is 24.3 Å². The fourth-order valence-corrected chi connectivity index (χ4v) is 2.62. The van der Waals surface area contributed by atoms with Crippen molar-refractivity contribution in [2.75, 3.05) is 6.54 Å². The summed E-state index contributed by atoms with van der Waals surface area (Å²) in [6, 6.07) is 2.10. The van der Waals surface area contributed by atoms with Crippen LogP contribution in [0.2, 0.25) is 0 Å². The molecule has 118 valence electrons. The summed E-state index contributed by atoms with van der Waals surface area (Å²) in [6.07, 6.45) is 1.24. The first-order valence-electron chi connectivity index (χ1n) is 7.00. The number of nitrogens with zero attached hydrogens (tertiary/aromatic N) is 2. The minimum atomic E-state index is -1.26. The lowest BCUT2D eigenvalue weighted by atomic mass is 10.0. The maximum Gasteiger partial charge on any atom is 0.225 e. The summed E-state index contributed by atoms with van der Waals surface area (Å²) in [7, 11) is 0. The first kappa shape index (κ1) is 16.3. The number of carbonyl (C=O) groups excluding carboxylic acids is 1. The van der Waals surface area contributed by atoms with Crippen LogP contribution in [-0.4, -0.2) is 29.4 Å². The second-order valence-corrected chi connectivity index (χ2v) is 5.40. The van der Waals surface area contributed by atoms with Crippen LogP contribution in [0.1, 0.15) is 24.8 Å². The molecule has 1 saturated heterocycles. The van der Waals surface area contributed by atoms with Crippen LogP contribution < -0.4 is 5.73 Å². The van der Waals surface area contributed by atoms with Crippen LogP contribution in [0.25, 0.3) is 0 Å². The molecule has 0 aliphatic carbocycles. The van der Waals surface area contributed by atoms with Gasteiger partial charge in [0.2, 0.25) is 5.91 Å². The molecule has 1 aromatic rings. The molecule has 4 nitrogen and oxygen atoms in total. The van der Waals surface area contributed by atoms with Crippen LogP contribution in [0.15, 0.2) is 12.1 Å². The van der Waals surface area contributed by atoms with Crippen LogP contribution in [-0.2, 0) is 11.2 Å². The molecule has 2 unspecified atom stereocenters. The standard InChI is InChI=1S/C15H16F3N3O/c16-12-7-14(18)13(17)5-9(12)4-10(20)6-15(22)21-3-1-2-11(21)8-19/h5,7,10-11H,1-4,6,20H2. The van der Waals surface area contributed by atoms with Crippen molar-refractivity contribution in [3.05, 3.63) is 35.1 Å². The molecule has 7 heteroatoms. The number of benzene rings is 1. The second kappa shape index (κ2) is 6.79. The van der Waals surface area contributed by atoms with Crippen molar-refractivity contribution in [2.24, 2.45) is 5.73 Å². The molecular formula is C15H16F3N3O. The highest BCUT2D eigenvalue weighted by atomic mass is 19.2. The van der Waals surface area contributed by atoms with Gasteiger partial charge in [0.15, 0.2) is 11.6 Å². The number of halogens is 3. The second-order valence-electron chi connectivity index (χ2n) is 5.40. The average Bonchev–Trinajstić information content (AvgIpc) is 2.93. The highest BCUT2D eigenvalue weighted by molar-refractivity contribution is 5.77. The van der Waals surface area contributed by atoms with Gasteiger partial charge in [-0.15, -0.1) is 0 Å². The Hall–Kier alpha value is -2.07. The molecule has 1 aliphatic heterocycles. The van der Waals surface area contributed by atoms with Crippen molar-refractivity contribution in [3.63, 3.8) is 0 Å². The molecule has 1 heterocycles. The van der Waals surface area contributed by atoms with Gasteiger partial charge < -0.3 is 10.6 Å². The van der Waals surface area contributed by atoms with Crippen molar-refractivity contribution in [3.8, 4) is 6.07 Å². The molecule has 2 atom stereocenters. The molecule has 0 radical (unpaired) electrons. The van der Waals surface area contributed by atoms with E-state index in [4.69, 9.17) is 11.0 Å². The summed E-state index contributed by atoms with van der Waals surface area (Å²) in [6.45, 7) is 0.503. The summed E-state index contributed by atoms with van der Waals surface area (Å²) >= 11 is 0. The average molecular weight is 311 g/mol. The fourth-order valence-electron chi connectivity index (χ4n) is 2.62. The van der Waals surface area contributed by atoms with E-state index in [2.05, 4.69) is 6.07 Å². The Balaban J connectivity index is 1.98. The zero-order chi connectivity index (χ0) is 16.3. The predicted octanol–water partition coefficient (Wildman–Crippen LogP) is 1.88. The maximum atomic E-state index is 13.5. The van der Waals surface area contributed by atoms with Gasteiger partial charge in [0, 0.05) is 25.1 Å². The summed E-state index contributed by atoms with van der Waals surface area (Å²) < 4.78 is 39.5. The Kier molecular flexibility index (Phi) is 5.03. The molecule has 0 saturated carbocycles. The molecule has 1 aromatic carbocycles. The number of hydrogen-bond acceptors (Lipinski definition) is 3. The molecule has 1 aliphatic rings. The molecular weight excluding hydrogens is 295 g/mol. The molecule has 2 N–H and O–H groups in total. The van der Waals surface area contributed by atoms with E-state index in [0.717, 1.165) is 12.5 Å². The SMILES string of the molecule is N#CC1CCCN1C(=O)CC(N)Cc1cc(F)c(F)cc1F. The molecule has 0 spiro atoms. The van der Waals surface area contributed by atoms with Crippen LogP contribution in [0.5, 0.6) is 0 Å². The Labute approximate surface area is 126 Å². The molecule has 0 bridgehead atoms. The van der Waals surface area contributed by atoms with E-state index in [1.807, 2.05) is 0 Å². The van der Waals surface area contributed by atoms with Gasteiger partial charge in [0.1, 0.15) is 11.9 Å². The Morgan fingerprint density at radius 1 is 1.36 bits per heavy atom. The quantitative estimate of drug-likeness (QED) is 0.863. The van der Waals surface area contributed by atoms with E-state index in [0.29, 0.717) is 19.0 Å². The predicted molar refractivity (Wildman–Crippen MR) is 73.0 cm³/mol. The van der Waals surface area contributed by atoms with Crippen LogP contribution in [0, 0.1) is 28.8 Å². The van der Waals surface area contributed by atoms with E-state index >= 15 is 0 Å². The minimum absolute atomic E-state index is 0.0718. The lowest BCUT2D eigenvalue weighted by molar-refractivity contribution is -0.131. The van der Waals surface area contributed by atoms with Crippen molar-refractivity contribution >= 4 is 5.91 Å². The number of nitriles is 1. The largest absolute Gasteiger partial charge is 0.327 e. The van der Waals surface area contributed by atoms with E-state index in [1.54, 1.807) is 0 Å². The normalized spacial score (nSPS) is 19.0. The van der Waals surface area contributed by atoms with Gasteiger partial charge in [-0.3, -0.25) is 4.79 Å². The number of carbonyl (C=O) groups is 1. The van der Waals surface area contributed by atoms with Gasteiger partial charge in [0.25, 0.3) is 0 Å². The zero-order valence-electron chi connectivity index (χ0n) is 11.9. The Morgan fingerprint density at radius 3 is 2.73 bits per heavy atom. The van der Waals surface area contributed by atoms with Gasteiger partial charge in [0.05, 0.1) is 6.07 Å². The third kappa shape index (κ3) is 3.57. The van der Waals surface area contributed by atoms with Gasteiger partial charge in [-0.05, 0) is 30.9 Å². The highest BCUT2D eigenvalue weighted by Gasteiger charge is 2.29.